The first-order valence-electron chi connectivity index (χ1n) is 6.51. The molecule has 0 saturated heterocycles. The van der Waals surface area contributed by atoms with Crippen molar-refractivity contribution in [3.05, 3.63) is 29.8 Å². The van der Waals surface area contributed by atoms with Crippen LogP contribution in [0.25, 0.3) is 0 Å². The molecule has 0 spiro atoms. The van der Waals surface area contributed by atoms with E-state index in [2.05, 4.69) is 41.3 Å². The number of benzene rings is 1. The number of rotatable bonds is 8. The van der Waals surface area contributed by atoms with Crippen molar-refractivity contribution in [1.82, 2.24) is 5.32 Å². The molecule has 0 aliphatic heterocycles. The van der Waals surface area contributed by atoms with E-state index in [4.69, 9.17) is 18.1 Å². The van der Waals surface area contributed by atoms with Gasteiger partial charge in [-0.15, -0.1) is 0 Å². The van der Waals surface area contributed by atoms with Crippen LogP contribution < -0.4 is 10.1 Å². The molecule has 5 nitrogen and oxygen atoms in total. The predicted molar refractivity (Wildman–Crippen MR) is 93.4 cm³/mol. The fraction of sp³-hybridized carbons (Fsp3) is 0.538. The van der Waals surface area contributed by atoms with Gasteiger partial charge in [-0.2, -0.15) is 16.8 Å². The highest BCUT2D eigenvalue weighted by atomic mass is 32.9. The van der Waals surface area contributed by atoms with Crippen LogP contribution in [0.2, 0.25) is 0 Å². The SMILES string of the molecule is COc1ccc(CCCCNCCS)cc1.O=S(O)(O)=S. The van der Waals surface area contributed by atoms with Gasteiger partial charge >= 0.3 is 0 Å². The van der Waals surface area contributed by atoms with Gasteiger partial charge in [0.1, 0.15) is 5.75 Å². The van der Waals surface area contributed by atoms with Crippen LogP contribution in [0.4, 0.5) is 0 Å². The Balaban J connectivity index is 0.000000690. The minimum Gasteiger partial charge on any atom is -0.497 e. The lowest BCUT2D eigenvalue weighted by Crippen LogP contribution is -2.17. The monoisotopic (exact) mass is 353 g/mol. The van der Waals surface area contributed by atoms with E-state index in [-0.39, 0.29) is 0 Å². The molecule has 0 saturated carbocycles. The highest BCUT2D eigenvalue weighted by Gasteiger charge is 1.94. The Morgan fingerprint density at radius 3 is 2.29 bits per heavy atom. The molecule has 0 bridgehead atoms. The zero-order valence-corrected chi connectivity index (χ0v) is 14.6. The summed E-state index contributed by atoms with van der Waals surface area (Å²) in [4.78, 5) is 0. The minimum atomic E-state index is -3.83. The van der Waals surface area contributed by atoms with E-state index in [9.17, 15) is 0 Å². The summed E-state index contributed by atoms with van der Waals surface area (Å²) in [5, 5.41) is 3.34. The molecule has 0 amide bonds. The molecular formula is C13H23NO4S3. The third kappa shape index (κ3) is 15.8. The zero-order valence-electron chi connectivity index (χ0n) is 12.0. The van der Waals surface area contributed by atoms with Crippen molar-refractivity contribution in [1.29, 1.82) is 0 Å². The standard InChI is InChI=1S/C13H21NOS.H2O3S2/c1-15-13-7-5-12(6-8-13)4-2-3-9-14-10-11-16;1-5(2,3)4/h5-8,14,16H,2-4,9-11H2,1H3;(H2,1,2,3,4). The van der Waals surface area contributed by atoms with Crippen LogP contribution >= 0.6 is 12.6 Å². The Morgan fingerprint density at radius 2 is 1.81 bits per heavy atom. The van der Waals surface area contributed by atoms with E-state index in [1.807, 2.05) is 12.1 Å². The molecule has 21 heavy (non-hydrogen) atoms. The van der Waals surface area contributed by atoms with Gasteiger partial charge in [0.05, 0.1) is 7.11 Å². The zero-order chi connectivity index (χ0) is 16.1. The third-order valence-electron chi connectivity index (χ3n) is 2.52. The molecule has 0 heterocycles. The van der Waals surface area contributed by atoms with E-state index in [1.54, 1.807) is 7.11 Å². The first-order chi connectivity index (χ1) is 9.86. The highest BCUT2D eigenvalue weighted by molar-refractivity contribution is 8.26. The molecule has 1 aromatic carbocycles. The van der Waals surface area contributed by atoms with Crippen molar-refractivity contribution < 1.29 is 18.1 Å². The lowest BCUT2D eigenvalue weighted by molar-refractivity contribution is 0.414. The first kappa shape index (κ1) is 20.6. The Morgan fingerprint density at radius 1 is 1.24 bits per heavy atom. The van der Waals surface area contributed by atoms with Crippen LogP contribution in [-0.2, 0) is 26.7 Å². The average Bonchev–Trinajstić information content (AvgIpc) is 2.41. The van der Waals surface area contributed by atoms with Crippen molar-refractivity contribution in [3.63, 3.8) is 0 Å². The number of unbranched alkanes of at least 4 members (excludes halogenated alkanes) is 1. The molecule has 0 radical (unpaired) electrons. The van der Waals surface area contributed by atoms with Crippen molar-refractivity contribution in [2.24, 2.45) is 0 Å². The van der Waals surface area contributed by atoms with Gasteiger partial charge in [-0.3, -0.25) is 9.11 Å². The van der Waals surface area contributed by atoms with Crippen LogP contribution in [0.15, 0.2) is 24.3 Å². The number of ether oxygens (including phenoxy) is 1. The van der Waals surface area contributed by atoms with Gasteiger partial charge in [-0.1, -0.05) is 12.1 Å². The summed E-state index contributed by atoms with van der Waals surface area (Å²) in [6.07, 6.45) is 3.60. The molecule has 0 fully saturated rings. The fourth-order valence-corrected chi connectivity index (χ4v) is 1.73. The largest absolute Gasteiger partial charge is 0.497 e. The van der Waals surface area contributed by atoms with Gasteiger partial charge in [0, 0.05) is 23.5 Å². The number of aryl methyl sites for hydroxylation is 1. The Hall–Kier alpha value is -0.380. The third-order valence-corrected chi connectivity index (χ3v) is 2.74. The second kappa shape index (κ2) is 12.2. The number of thiol groups is 1. The van der Waals surface area contributed by atoms with Gasteiger partial charge in [0.15, 0.2) is 0 Å². The molecule has 0 aromatic heterocycles. The van der Waals surface area contributed by atoms with Crippen molar-refractivity contribution >= 4 is 32.9 Å². The summed E-state index contributed by atoms with van der Waals surface area (Å²) in [6.45, 7) is 2.10. The van der Waals surface area contributed by atoms with E-state index in [0.717, 1.165) is 31.0 Å². The summed E-state index contributed by atoms with van der Waals surface area (Å²) in [5.74, 6) is 1.84. The molecule has 122 valence electrons. The molecule has 0 aliphatic carbocycles. The number of hydrogen-bond acceptors (Lipinski definition) is 5. The second-order valence-electron chi connectivity index (χ2n) is 4.23. The fourth-order valence-electron chi connectivity index (χ4n) is 1.58. The van der Waals surface area contributed by atoms with Crippen LogP contribution in [0.1, 0.15) is 18.4 Å². The summed E-state index contributed by atoms with van der Waals surface area (Å²) < 4.78 is 29.1. The van der Waals surface area contributed by atoms with Gasteiger partial charge < -0.3 is 10.1 Å². The average molecular weight is 354 g/mol. The maximum absolute atomic E-state index is 9.11. The highest BCUT2D eigenvalue weighted by Crippen LogP contribution is 2.12. The summed E-state index contributed by atoms with van der Waals surface area (Å²) in [5.41, 5.74) is 1.38. The van der Waals surface area contributed by atoms with Crippen LogP contribution in [0.3, 0.4) is 0 Å². The van der Waals surface area contributed by atoms with E-state index in [1.165, 1.54) is 18.4 Å². The van der Waals surface area contributed by atoms with Gasteiger partial charge in [-0.05, 0) is 43.5 Å². The maximum atomic E-state index is 9.11. The van der Waals surface area contributed by atoms with E-state index in [0.29, 0.717) is 0 Å². The summed E-state index contributed by atoms with van der Waals surface area (Å²) >= 11 is 7.61. The van der Waals surface area contributed by atoms with Crippen LogP contribution in [0, 0.1) is 0 Å². The van der Waals surface area contributed by atoms with E-state index < -0.39 is 9.05 Å². The molecule has 0 atom stereocenters. The number of hydrogen-bond donors (Lipinski definition) is 4. The van der Waals surface area contributed by atoms with E-state index >= 15 is 0 Å². The first-order valence-corrected chi connectivity index (χ1v) is 9.54. The summed E-state index contributed by atoms with van der Waals surface area (Å²) in [6, 6.07) is 8.32. The van der Waals surface area contributed by atoms with Crippen LogP contribution in [0.5, 0.6) is 5.75 Å². The number of methoxy groups -OCH3 is 1. The quantitative estimate of drug-likeness (QED) is 0.424. The molecular weight excluding hydrogens is 330 g/mol. The normalized spacial score (nSPS) is 10.7. The molecule has 1 rings (SSSR count). The lowest BCUT2D eigenvalue weighted by Gasteiger charge is -2.04. The van der Waals surface area contributed by atoms with Gasteiger partial charge in [0.25, 0.3) is 9.05 Å². The van der Waals surface area contributed by atoms with Crippen molar-refractivity contribution in [2.75, 3.05) is 26.0 Å². The predicted octanol–water partition coefficient (Wildman–Crippen LogP) is 2.22. The second-order valence-corrected chi connectivity index (χ2v) is 6.87. The molecule has 0 unspecified atom stereocenters. The van der Waals surface area contributed by atoms with Crippen molar-refractivity contribution in [3.8, 4) is 5.75 Å². The topological polar surface area (TPSA) is 78.8 Å². The van der Waals surface area contributed by atoms with Gasteiger partial charge in [0.2, 0.25) is 0 Å². The Labute approximate surface area is 137 Å². The number of nitrogens with one attached hydrogen (secondary N) is 1. The van der Waals surface area contributed by atoms with Crippen LogP contribution in [-0.4, -0.2) is 39.3 Å². The Kier molecular flexibility index (Phi) is 12.0. The smallest absolute Gasteiger partial charge is 0.263 e. The lowest BCUT2D eigenvalue weighted by atomic mass is 10.1. The summed E-state index contributed by atoms with van der Waals surface area (Å²) in [7, 11) is -2.14. The van der Waals surface area contributed by atoms with Crippen molar-refractivity contribution in [2.45, 2.75) is 19.3 Å². The Bertz CT molecular complexity index is 455. The molecule has 1 aromatic rings. The molecule has 0 aliphatic rings. The minimum absolute atomic E-state index is 0.915. The maximum Gasteiger partial charge on any atom is 0.263 e. The molecule has 3 N–H and O–H groups in total. The van der Waals surface area contributed by atoms with Gasteiger partial charge in [-0.25, -0.2) is 0 Å². The molecule has 8 heteroatoms.